The molecule has 128 valence electrons. The number of fused-ring (bicyclic) bond motifs is 1. The van der Waals surface area contributed by atoms with E-state index in [1.54, 1.807) is 4.90 Å². The lowest BCUT2D eigenvalue weighted by Gasteiger charge is -2.25. The van der Waals surface area contributed by atoms with Crippen molar-refractivity contribution < 1.29 is 9.53 Å². The molecule has 0 spiro atoms. The molecule has 1 aromatic rings. The third-order valence-corrected chi connectivity index (χ3v) is 4.34. The number of anilines is 2. The third kappa shape index (κ3) is 4.63. The normalized spacial score (nSPS) is 14.1. The third-order valence-electron chi connectivity index (χ3n) is 4.34. The first kappa shape index (κ1) is 17.6. The second-order valence-corrected chi connectivity index (χ2v) is 7.29. The minimum Gasteiger partial charge on any atom is -0.443 e. The fourth-order valence-corrected chi connectivity index (χ4v) is 2.86. The predicted octanol–water partition coefficient (Wildman–Crippen LogP) is 4.83. The Bertz CT molecular complexity index is 545. The van der Waals surface area contributed by atoms with Crippen LogP contribution in [0.1, 0.15) is 53.0 Å². The van der Waals surface area contributed by atoms with E-state index in [1.807, 2.05) is 26.8 Å². The van der Waals surface area contributed by atoms with Gasteiger partial charge in [0.25, 0.3) is 0 Å². The number of hydrogen-bond donors (Lipinski definition) is 1. The van der Waals surface area contributed by atoms with Crippen molar-refractivity contribution in [3.05, 3.63) is 23.8 Å². The molecule has 1 N–H and O–H groups in total. The maximum atomic E-state index is 12.3. The summed E-state index contributed by atoms with van der Waals surface area (Å²) in [6, 6.07) is 6.26. The molecule has 1 heterocycles. The summed E-state index contributed by atoms with van der Waals surface area (Å²) in [6.07, 6.45) is 3.02. The molecule has 0 saturated heterocycles. The summed E-state index contributed by atoms with van der Waals surface area (Å²) in [5, 5.41) is 3.52. The first-order chi connectivity index (χ1) is 10.8. The fraction of sp³-hybridized carbons (Fsp3) is 0.632. The van der Waals surface area contributed by atoms with Crippen LogP contribution in [0.2, 0.25) is 0 Å². The molecule has 1 amide bonds. The fourth-order valence-electron chi connectivity index (χ4n) is 2.86. The molecule has 23 heavy (non-hydrogen) atoms. The summed E-state index contributed by atoms with van der Waals surface area (Å²) in [7, 11) is 0. The van der Waals surface area contributed by atoms with E-state index in [9.17, 15) is 4.79 Å². The van der Waals surface area contributed by atoms with Crippen molar-refractivity contribution in [1.29, 1.82) is 0 Å². The van der Waals surface area contributed by atoms with Crippen molar-refractivity contribution in [2.45, 2.75) is 59.5 Å². The van der Waals surface area contributed by atoms with Gasteiger partial charge in [-0.25, -0.2) is 4.79 Å². The standard InChI is InChI=1S/C19H30N2O2/c1-6-14(7-2)13-20-16-8-9-17-15(12-16)10-11-21(17)18(22)23-19(3,4)5/h8-9,12,14,20H,6-7,10-11,13H2,1-5H3. The summed E-state index contributed by atoms with van der Waals surface area (Å²) in [4.78, 5) is 14.0. The summed E-state index contributed by atoms with van der Waals surface area (Å²) in [6.45, 7) is 11.8. The van der Waals surface area contributed by atoms with Gasteiger partial charge in [-0.1, -0.05) is 26.7 Å². The molecule has 0 fully saturated rings. The number of amides is 1. The number of rotatable bonds is 5. The Balaban J connectivity index is 2.04. The van der Waals surface area contributed by atoms with Crippen LogP contribution in [0.5, 0.6) is 0 Å². The molecular weight excluding hydrogens is 288 g/mol. The van der Waals surface area contributed by atoms with E-state index in [0.29, 0.717) is 12.5 Å². The number of hydrogen-bond acceptors (Lipinski definition) is 3. The molecule has 4 heteroatoms. The number of nitrogens with one attached hydrogen (secondary N) is 1. The SMILES string of the molecule is CCC(CC)CNc1ccc2c(c1)CCN2C(=O)OC(C)(C)C. The van der Waals surface area contributed by atoms with Crippen molar-refractivity contribution in [3.63, 3.8) is 0 Å². The lowest BCUT2D eigenvalue weighted by atomic mass is 10.0. The molecule has 0 radical (unpaired) electrons. The van der Waals surface area contributed by atoms with Gasteiger partial charge in [0.05, 0.1) is 5.69 Å². The smallest absolute Gasteiger partial charge is 0.414 e. The number of ether oxygens (including phenoxy) is 1. The van der Waals surface area contributed by atoms with Crippen LogP contribution in [0.3, 0.4) is 0 Å². The van der Waals surface area contributed by atoms with Crippen LogP contribution >= 0.6 is 0 Å². The number of benzene rings is 1. The van der Waals surface area contributed by atoms with Gasteiger partial charge in [0.15, 0.2) is 0 Å². The maximum Gasteiger partial charge on any atom is 0.414 e. The van der Waals surface area contributed by atoms with Gasteiger partial charge in [-0.2, -0.15) is 0 Å². The van der Waals surface area contributed by atoms with Gasteiger partial charge in [0.1, 0.15) is 5.60 Å². The quantitative estimate of drug-likeness (QED) is 0.845. The Morgan fingerprint density at radius 1 is 1.30 bits per heavy atom. The van der Waals surface area contributed by atoms with Crippen molar-refractivity contribution in [2.75, 3.05) is 23.3 Å². The van der Waals surface area contributed by atoms with E-state index in [-0.39, 0.29) is 6.09 Å². The van der Waals surface area contributed by atoms with Gasteiger partial charge in [0.2, 0.25) is 0 Å². The molecule has 0 aliphatic carbocycles. The second-order valence-electron chi connectivity index (χ2n) is 7.29. The molecule has 0 atom stereocenters. The van der Waals surface area contributed by atoms with E-state index in [4.69, 9.17) is 4.74 Å². The van der Waals surface area contributed by atoms with Crippen molar-refractivity contribution in [3.8, 4) is 0 Å². The Kier molecular flexibility index (Phi) is 5.55. The van der Waals surface area contributed by atoms with Crippen LogP contribution < -0.4 is 10.2 Å². The first-order valence-electron chi connectivity index (χ1n) is 8.71. The second kappa shape index (κ2) is 7.24. The van der Waals surface area contributed by atoms with Crippen LogP contribution in [-0.2, 0) is 11.2 Å². The first-order valence-corrected chi connectivity index (χ1v) is 8.71. The van der Waals surface area contributed by atoms with Crippen molar-refractivity contribution in [2.24, 2.45) is 5.92 Å². The molecule has 1 aliphatic rings. The number of nitrogens with zero attached hydrogens (tertiary/aromatic N) is 1. The van der Waals surface area contributed by atoms with E-state index in [0.717, 1.165) is 24.3 Å². The van der Waals surface area contributed by atoms with Crippen molar-refractivity contribution >= 4 is 17.5 Å². The Labute approximate surface area is 140 Å². The summed E-state index contributed by atoms with van der Waals surface area (Å²) in [5.74, 6) is 0.710. The highest BCUT2D eigenvalue weighted by Crippen LogP contribution is 2.31. The molecule has 0 unspecified atom stereocenters. The highest BCUT2D eigenvalue weighted by molar-refractivity contribution is 5.91. The zero-order valence-electron chi connectivity index (χ0n) is 15.1. The van der Waals surface area contributed by atoms with Crippen LogP contribution in [-0.4, -0.2) is 24.8 Å². The van der Waals surface area contributed by atoms with E-state index >= 15 is 0 Å². The monoisotopic (exact) mass is 318 g/mol. The lowest BCUT2D eigenvalue weighted by molar-refractivity contribution is 0.0584. The Morgan fingerprint density at radius 2 is 2.00 bits per heavy atom. The number of carbonyl (C=O) groups excluding carboxylic acids is 1. The topological polar surface area (TPSA) is 41.6 Å². The van der Waals surface area contributed by atoms with Gasteiger partial charge >= 0.3 is 6.09 Å². The molecular formula is C19H30N2O2. The average Bonchev–Trinajstić information content (AvgIpc) is 2.89. The summed E-state index contributed by atoms with van der Waals surface area (Å²) >= 11 is 0. The molecule has 1 aromatic carbocycles. The van der Waals surface area contributed by atoms with Crippen LogP contribution in [0.15, 0.2) is 18.2 Å². The lowest BCUT2D eigenvalue weighted by Crippen LogP contribution is -2.35. The molecule has 0 bridgehead atoms. The van der Waals surface area contributed by atoms with Crippen LogP contribution in [0, 0.1) is 5.92 Å². The zero-order chi connectivity index (χ0) is 17.0. The van der Waals surface area contributed by atoms with Gasteiger partial charge in [-0.15, -0.1) is 0 Å². The molecule has 0 aromatic heterocycles. The van der Waals surface area contributed by atoms with Crippen LogP contribution in [0.4, 0.5) is 16.2 Å². The minimum absolute atomic E-state index is 0.256. The average molecular weight is 318 g/mol. The molecule has 1 aliphatic heterocycles. The molecule has 0 saturated carbocycles. The van der Waals surface area contributed by atoms with Gasteiger partial charge in [0, 0.05) is 18.8 Å². The molecule has 2 rings (SSSR count). The largest absolute Gasteiger partial charge is 0.443 e. The Morgan fingerprint density at radius 3 is 2.61 bits per heavy atom. The van der Waals surface area contributed by atoms with Crippen LogP contribution in [0.25, 0.3) is 0 Å². The van der Waals surface area contributed by atoms with E-state index < -0.39 is 5.60 Å². The minimum atomic E-state index is -0.462. The highest BCUT2D eigenvalue weighted by atomic mass is 16.6. The molecule has 4 nitrogen and oxygen atoms in total. The van der Waals surface area contributed by atoms with E-state index in [1.165, 1.54) is 18.4 Å². The van der Waals surface area contributed by atoms with E-state index in [2.05, 4.69) is 31.3 Å². The van der Waals surface area contributed by atoms with Gasteiger partial charge in [-0.05, 0) is 56.9 Å². The summed E-state index contributed by atoms with van der Waals surface area (Å²) in [5.41, 5.74) is 2.87. The van der Waals surface area contributed by atoms with Gasteiger partial charge < -0.3 is 10.1 Å². The summed E-state index contributed by atoms with van der Waals surface area (Å²) < 4.78 is 5.49. The highest BCUT2D eigenvalue weighted by Gasteiger charge is 2.28. The van der Waals surface area contributed by atoms with Gasteiger partial charge in [-0.3, -0.25) is 4.90 Å². The number of carbonyl (C=O) groups is 1. The van der Waals surface area contributed by atoms with Crippen molar-refractivity contribution in [1.82, 2.24) is 0 Å². The Hall–Kier alpha value is -1.71. The maximum absolute atomic E-state index is 12.3. The predicted molar refractivity (Wildman–Crippen MR) is 96.3 cm³/mol. The zero-order valence-corrected chi connectivity index (χ0v) is 15.1.